The summed E-state index contributed by atoms with van der Waals surface area (Å²) in [4.78, 5) is 25.5. The number of nitrogens with one attached hydrogen (secondary N) is 2. The van der Waals surface area contributed by atoms with E-state index in [1.54, 1.807) is 19.0 Å². The standard InChI is InChI=1S/C16H23N3O2/c1-16(8-9-17-11-16)15(21)18-13-6-4-12(5-7-13)10-14(20)19(2)3/h4-7,17H,8-11H2,1-3H3,(H,18,21). The molecular weight excluding hydrogens is 266 g/mol. The molecule has 2 amide bonds. The van der Waals surface area contributed by atoms with Gasteiger partial charge in [0, 0.05) is 26.3 Å². The Bertz CT molecular complexity index is 517. The lowest BCUT2D eigenvalue weighted by molar-refractivity contribution is -0.128. The first-order chi connectivity index (χ1) is 9.90. The summed E-state index contributed by atoms with van der Waals surface area (Å²) in [6.07, 6.45) is 1.23. The van der Waals surface area contributed by atoms with Crippen molar-refractivity contribution in [3.05, 3.63) is 29.8 Å². The molecule has 1 heterocycles. The molecular formula is C16H23N3O2. The Morgan fingerprint density at radius 3 is 2.48 bits per heavy atom. The Morgan fingerprint density at radius 2 is 1.95 bits per heavy atom. The minimum absolute atomic E-state index is 0.0459. The van der Waals surface area contributed by atoms with Crippen molar-refractivity contribution in [3.8, 4) is 0 Å². The first-order valence-corrected chi connectivity index (χ1v) is 7.22. The smallest absolute Gasteiger partial charge is 0.231 e. The molecule has 1 unspecified atom stereocenters. The van der Waals surface area contributed by atoms with Gasteiger partial charge < -0.3 is 15.5 Å². The van der Waals surface area contributed by atoms with Crippen LogP contribution in [0.4, 0.5) is 5.69 Å². The van der Waals surface area contributed by atoms with Crippen molar-refractivity contribution in [3.63, 3.8) is 0 Å². The molecule has 5 heteroatoms. The second kappa shape index (κ2) is 6.26. The van der Waals surface area contributed by atoms with E-state index in [2.05, 4.69) is 10.6 Å². The van der Waals surface area contributed by atoms with E-state index < -0.39 is 0 Å². The van der Waals surface area contributed by atoms with Gasteiger partial charge in [0.05, 0.1) is 11.8 Å². The Morgan fingerprint density at radius 1 is 1.29 bits per heavy atom. The van der Waals surface area contributed by atoms with E-state index in [9.17, 15) is 9.59 Å². The summed E-state index contributed by atoms with van der Waals surface area (Å²) < 4.78 is 0. The molecule has 1 saturated heterocycles. The van der Waals surface area contributed by atoms with E-state index in [1.165, 1.54) is 0 Å². The molecule has 0 saturated carbocycles. The zero-order chi connectivity index (χ0) is 15.5. The molecule has 1 aliphatic rings. The monoisotopic (exact) mass is 289 g/mol. The van der Waals surface area contributed by atoms with Crippen LogP contribution in [0.3, 0.4) is 0 Å². The van der Waals surface area contributed by atoms with E-state index in [0.29, 0.717) is 13.0 Å². The predicted octanol–water partition coefficient (Wildman–Crippen LogP) is 1.26. The average molecular weight is 289 g/mol. The van der Waals surface area contributed by atoms with Crippen LogP contribution in [0, 0.1) is 5.41 Å². The van der Waals surface area contributed by atoms with Crippen LogP contribution in [0.2, 0.25) is 0 Å². The maximum absolute atomic E-state index is 12.3. The Hall–Kier alpha value is -1.88. The van der Waals surface area contributed by atoms with Crippen LogP contribution in [-0.2, 0) is 16.0 Å². The molecule has 2 rings (SSSR count). The van der Waals surface area contributed by atoms with Crippen molar-refractivity contribution in [2.75, 3.05) is 32.5 Å². The Balaban J connectivity index is 1.96. The fourth-order valence-electron chi connectivity index (χ4n) is 2.33. The summed E-state index contributed by atoms with van der Waals surface area (Å²) in [5.74, 6) is 0.112. The van der Waals surface area contributed by atoms with Crippen molar-refractivity contribution in [1.29, 1.82) is 0 Å². The molecule has 1 aliphatic heterocycles. The zero-order valence-corrected chi connectivity index (χ0v) is 12.9. The number of carbonyl (C=O) groups is 2. The molecule has 114 valence electrons. The summed E-state index contributed by atoms with van der Waals surface area (Å²) >= 11 is 0. The molecule has 1 aromatic rings. The lowest BCUT2D eigenvalue weighted by Crippen LogP contribution is -2.35. The van der Waals surface area contributed by atoms with Gasteiger partial charge in [0.2, 0.25) is 11.8 Å². The second-order valence-corrected chi connectivity index (χ2v) is 6.10. The van der Waals surface area contributed by atoms with Gasteiger partial charge in [-0.25, -0.2) is 0 Å². The number of hydrogen-bond acceptors (Lipinski definition) is 3. The highest BCUT2D eigenvalue weighted by Gasteiger charge is 2.36. The van der Waals surface area contributed by atoms with Gasteiger partial charge in [-0.15, -0.1) is 0 Å². The topological polar surface area (TPSA) is 61.4 Å². The van der Waals surface area contributed by atoms with Crippen LogP contribution in [0.15, 0.2) is 24.3 Å². The predicted molar refractivity (Wildman–Crippen MR) is 83.1 cm³/mol. The third-order valence-corrected chi connectivity index (χ3v) is 3.98. The lowest BCUT2D eigenvalue weighted by Gasteiger charge is -2.21. The van der Waals surface area contributed by atoms with E-state index in [0.717, 1.165) is 24.2 Å². The summed E-state index contributed by atoms with van der Waals surface area (Å²) in [7, 11) is 3.49. The quantitative estimate of drug-likeness (QED) is 0.877. The van der Waals surface area contributed by atoms with Crippen molar-refractivity contribution in [2.45, 2.75) is 19.8 Å². The summed E-state index contributed by atoms with van der Waals surface area (Å²) in [5, 5.41) is 6.17. The van der Waals surface area contributed by atoms with Crippen molar-refractivity contribution >= 4 is 17.5 Å². The summed E-state index contributed by atoms with van der Waals surface area (Å²) in [5.41, 5.74) is 1.38. The van der Waals surface area contributed by atoms with Gasteiger partial charge in [0.15, 0.2) is 0 Å². The molecule has 0 bridgehead atoms. The van der Waals surface area contributed by atoms with Crippen molar-refractivity contribution in [2.24, 2.45) is 5.41 Å². The average Bonchev–Trinajstić information content (AvgIpc) is 2.89. The van der Waals surface area contributed by atoms with Gasteiger partial charge in [-0.05, 0) is 37.6 Å². The molecule has 0 aliphatic carbocycles. The minimum Gasteiger partial charge on any atom is -0.349 e. The largest absolute Gasteiger partial charge is 0.349 e. The maximum Gasteiger partial charge on any atom is 0.231 e. The van der Waals surface area contributed by atoms with E-state index in [1.807, 2.05) is 31.2 Å². The second-order valence-electron chi connectivity index (χ2n) is 6.10. The molecule has 5 nitrogen and oxygen atoms in total. The number of carbonyl (C=O) groups excluding carboxylic acids is 2. The minimum atomic E-state index is -0.334. The number of anilines is 1. The number of nitrogens with zero attached hydrogens (tertiary/aromatic N) is 1. The first kappa shape index (κ1) is 15.5. The SMILES string of the molecule is CN(C)C(=O)Cc1ccc(NC(=O)C2(C)CCNC2)cc1. The molecule has 1 atom stereocenters. The molecule has 2 N–H and O–H groups in total. The number of likely N-dealkylation sites (N-methyl/N-ethyl adjacent to an activating group) is 1. The van der Waals surface area contributed by atoms with Gasteiger partial charge in [0.1, 0.15) is 0 Å². The molecule has 1 fully saturated rings. The van der Waals surface area contributed by atoms with Gasteiger partial charge in [-0.2, -0.15) is 0 Å². The van der Waals surface area contributed by atoms with Gasteiger partial charge >= 0.3 is 0 Å². The molecule has 0 aromatic heterocycles. The van der Waals surface area contributed by atoms with Gasteiger partial charge in [-0.3, -0.25) is 9.59 Å². The molecule has 21 heavy (non-hydrogen) atoms. The van der Waals surface area contributed by atoms with Crippen LogP contribution in [-0.4, -0.2) is 43.9 Å². The normalized spacial score (nSPS) is 21.1. The van der Waals surface area contributed by atoms with Gasteiger partial charge in [-0.1, -0.05) is 12.1 Å². The summed E-state index contributed by atoms with van der Waals surface area (Å²) in [6, 6.07) is 7.46. The van der Waals surface area contributed by atoms with E-state index >= 15 is 0 Å². The zero-order valence-electron chi connectivity index (χ0n) is 12.9. The maximum atomic E-state index is 12.3. The highest BCUT2D eigenvalue weighted by Crippen LogP contribution is 2.26. The van der Waals surface area contributed by atoms with Crippen molar-refractivity contribution < 1.29 is 9.59 Å². The Kier molecular flexibility index (Phi) is 4.63. The first-order valence-electron chi connectivity index (χ1n) is 7.22. The molecule has 1 aromatic carbocycles. The third kappa shape index (κ3) is 3.82. The van der Waals surface area contributed by atoms with Crippen LogP contribution < -0.4 is 10.6 Å². The number of benzene rings is 1. The lowest BCUT2D eigenvalue weighted by atomic mass is 9.88. The highest BCUT2D eigenvalue weighted by molar-refractivity contribution is 5.95. The highest BCUT2D eigenvalue weighted by atomic mass is 16.2. The number of rotatable bonds is 4. The van der Waals surface area contributed by atoms with Crippen LogP contribution in [0.1, 0.15) is 18.9 Å². The van der Waals surface area contributed by atoms with Gasteiger partial charge in [0.25, 0.3) is 0 Å². The Labute approximate surface area is 125 Å². The van der Waals surface area contributed by atoms with Crippen LogP contribution in [0.5, 0.6) is 0 Å². The van der Waals surface area contributed by atoms with Crippen LogP contribution in [0.25, 0.3) is 0 Å². The number of hydrogen-bond donors (Lipinski definition) is 2. The fraction of sp³-hybridized carbons (Fsp3) is 0.500. The van der Waals surface area contributed by atoms with Crippen LogP contribution >= 0.6 is 0 Å². The van der Waals surface area contributed by atoms with E-state index in [4.69, 9.17) is 0 Å². The molecule has 0 spiro atoms. The molecule has 0 radical (unpaired) electrons. The van der Waals surface area contributed by atoms with Crippen molar-refractivity contribution in [1.82, 2.24) is 10.2 Å². The number of amides is 2. The van der Waals surface area contributed by atoms with E-state index in [-0.39, 0.29) is 17.2 Å². The fourth-order valence-corrected chi connectivity index (χ4v) is 2.33. The summed E-state index contributed by atoms with van der Waals surface area (Å²) in [6.45, 7) is 3.58. The third-order valence-electron chi connectivity index (χ3n) is 3.98.